The number of aryl methyl sites for hydroxylation is 3. The summed E-state index contributed by atoms with van der Waals surface area (Å²) in [7, 11) is 0. The van der Waals surface area contributed by atoms with Crippen LogP contribution in [0.25, 0.3) is 0 Å². The number of thiophene rings is 1. The standard InChI is InChI=1S/C16H19N3OS/c1-11-17-10-13-14(18-11)5-2-6-15(13)19-16(20)8-7-12-4-3-9-21-12/h3-4,9-10,15H,2,5-8H2,1H3,(H,19,20)/t15-/m1/s1. The average Bonchev–Trinajstić information content (AvgIpc) is 2.98. The fourth-order valence-corrected chi connectivity index (χ4v) is 3.46. The second-order valence-corrected chi connectivity index (χ2v) is 6.44. The molecule has 0 spiro atoms. The first-order chi connectivity index (χ1) is 10.2. The second-order valence-electron chi connectivity index (χ2n) is 5.41. The Balaban J connectivity index is 1.62. The van der Waals surface area contributed by atoms with Crippen molar-refractivity contribution in [2.75, 3.05) is 0 Å². The van der Waals surface area contributed by atoms with E-state index in [2.05, 4.69) is 21.4 Å². The first-order valence-electron chi connectivity index (χ1n) is 7.36. The molecule has 21 heavy (non-hydrogen) atoms. The Hall–Kier alpha value is -1.75. The fraction of sp³-hybridized carbons (Fsp3) is 0.438. The summed E-state index contributed by atoms with van der Waals surface area (Å²) in [5, 5.41) is 5.19. The van der Waals surface area contributed by atoms with Gasteiger partial charge in [-0.3, -0.25) is 4.79 Å². The number of nitrogens with zero attached hydrogens (tertiary/aromatic N) is 2. The molecule has 1 N–H and O–H groups in total. The van der Waals surface area contributed by atoms with Crippen LogP contribution < -0.4 is 5.32 Å². The van der Waals surface area contributed by atoms with E-state index in [-0.39, 0.29) is 11.9 Å². The summed E-state index contributed by atoms with van der Waals surface area (Å²) in [6.45, 7) is 1.91. The van der Waals surface area contributed by atoms with E-state index in [1.54, 1.807) is 11.3 Å². The highest BCUT2D eigenvalue weighted by atomic mass is 32.1. The third kappa shape index (κ3) is 3.47. The third-order valence-electron chi connectivity index (χ3n) is 3.82. The van der Waals surface area contributed by atoms with Gasteiger partial charge in [-0.2, -0.15) is 0 Å². The predicted molar refractivity (Wildman–Crippen MR) is 83.2 cm³/mol. The molecule has 110 valence electrons. The number of amides is 1. The summed E-state index contributed by atoms with van der Waals surface area (Å²) >= 11 is 1.70. The van der Waals surface area contributed by atoms with Gasteiger partial charge in [0.2, 0.25) is 5.91 Å². The van der Waals surface area contributed by atoms with Crippen molar-refractivity contribution in [1.82, 2.24) is 15.3 Å². The molecule has 1 aliphatic rings. The van der Waals surface area contributed by atoms with Gasteiger partial charge in [0, 0.05) is 28.8 Å². The van der Waals surface area contributed by atoms with Gasteiger partial charge in [0.15, 0.2) is 0 Å². The van der Waals surface area contributed by atoms with E-state index in [0.29, 0.717) is 6.42 Å². The van der Waals surface area contributed by atoms with Gasteiger partial charge in [0.1, 0.15) is 5.82 Å². The van der Waals surface area contributed by atoms with Crippen LogP contribution in [0.4, 0.5) is 0 Å². The van der Waals surface area contributed by atoms with Crippen molar-refractivity contribution in [2.45, 2.75) is 45.1 Å². The summed E-state index contributed by atoms with van der Waals surface area (Å²) in [5.74, 6) is 0.917. The molecule has 4 nitrogen and oxygen atoms in total. The molecule has 0 radical (unpaired) electrons. The average molecular weight is 301 g/mol. The minimum absolute atomic E-state index is 0.0742. The quantitative estimate of drug-likeness (QED) is 0.944. The zero-order chi connectivity index (χ0) is 14.7. The number of aromatic nitrogens is 2. The number of nitrogens with one attached hydrogen (secondary N) is 1. The van der Waals surface area contributed by atoms with Crippen molar-refractivity contribution in [2.24, 2.45) is 0 Å². The Bertz CT molecular complexity index is 624. The van der Waals surface area contributed by atoms with E-state index in [1.165, 1.54) is 4.88 Å². The maximum Gasteiger partial charge on any atom is 0.220 e. The molecular formula is C16H19N3OS. The molecule has 1 aliphatic carbocycles. The Morgan fingerprint density at radius 3 is 3.24 bits per heavy atom. The summed E-state index contributed by atoms with van der Waals surface area (Å²) in [4.78, 5) is 22.2. The van der Waals surface area contributed by atoms with Crippen molar-refractivity contribution in [1.29, 1.82) is 0 Å². The molecule has 0 unspecified atom stereocenters. The normalized spacial score (nSPS) is 17.3. The molecule has 2 heterocycles. The van der Waals surface area contributed by atoms with E-state index in [9.17, 15) is 4.79 Å². The van der Waals surface area contributed by atoms with Crippen LogP contribution in [0.2, 0.25) is 0 Å². The van der Waals surface area contributed by atoms with Crippen LogP contribution in [0, 0.1) is 6.92 Å². The van der Waals surface area contributed by atoms with Gasteiger partial charge in [-0.1, -0.05) is 6.07 Å². The van der Waals surface area contributed by atoms with Crippen molar-refractivity contribution in [3.63, 3.8) is 0 Å². The molecule has 0 aliphatic heterocycles. The lowest BCUT2D eigenvalue weighted by Crippen LogP contribution is -2.31. The third-order valence-corrected chi connectivity index (χ3v) is 4.75. The molecule has 2 aromatic rings. The Labute approximate surface area is 128 Å². The largest absolute Gasteiger partial charge is 0.349 e. The highest BCUT2D eigenvalue weighted by Crippen LogP contribution is 2.28. The van der Waals surface area contributed by atoms with E-state index in [1.807, 2.05) is 24.6 Å². The van der Waals surface area contributed by atoms with Crippen LogP contribution in [0.15, 0.2) is 23.7 Å². The van der Waals surface area contributed by atoms with E-state index in [4.69, 9.17) is 0 Å². The molecule has 1 atom stereocenters. The lowest BCUT2D eigenvalue weighted by molar-refractivity contribution is -0.121. The van der Waals surface area contributed by atoms with Crippen LogP contribution >= 0.6 is 11.3 Å². The van der Waals surface area contributed by atoms with Crippen LogP contribution in [0.1, 0.15) is 47.3 Å². The van der Waals surface area contributed by atoms with Gasteiger partial charge in [0.05, 0.1) is 6.04 Å². The van der Waals surface area contributed by atoms with Crippen molar-refractivity contribution in [3.05, 3.63) is 45.7 Å². The minimum atomic E-state index is 0.0742. The first-order valence-corrected chi connectivity index (χ1v) is 8.24. The number of hydrogen-bond acceptors (Lipinski definition) is 4. The Kier molecular flexibility index (Phi) is 4.29. The summed E-state index contributed by atoms with van der Waals surface area (Å²) in [5.41, 5.74) is 2.19. The smallest absolute Gasteiger partial charge is 0.220 e. The maximum absolute atomic E-state index is 12.1. The zero-order valence-electron chi connectivity index (χ0n) is 12.1. The topological polar surface area (TPSA) is 54.9 Å². The Morgan fingerprint density at radius 2 is 2.43 bits per heavy atom. The molecule has 0 fully saturated rings. The zero-order valence-corrected chi connectivity index (χ0v) is 12.9. The molecular weight excluding hydrogens is 282 g/mol. The maximum atomic E-state index is 12.1. The van der Waals surface area contributed by atoms with Crippen molar-refractivity contribution >= 4 is 17.2 Å². The van der Waals surface area contributed by atoms with Gasteiger partial charge < -0.3 is 5.32 Å². The SMILES string of the molecule is Cc1ncc2c(n1)CCC[C@H]2NC(=O)CCc1cccs1. The van der Waals surface area contributed by atoms with E-state index < -0.39 is 0 Å². The van der Waals surface area contributed by atoms with Crippen LogP contribution in [-0.4, -0.2) is 15.9 Å². The second kappa shape index (κ2) is 6.35. The number of carbonyl (C=O) groups excluding carboxylic acids is 1. The number of hydrogen-bond donors (Lipinski definition) is 1. The molecule has 0 aromatic carbocycles. The highest BCUT2D eigenvalue weighted by molar-refractivity contribution is 7.09. The van der Waals surface area contributed by atoms with E-state index in [0.717, 1.165) is 42.8 Å². The minimum Gasteiger partial charge on any atom is -0.349 e. The number of rotatable bonds is 4. The monoisotopic (exact) mass is 301 g/mol. The summed E-state index contributed by atoms with van der Waals surface area (Å²) in [6, 6.07) is 4.17. The van der Waals surface area contributed by atoms with Crippen molar-refractivity contribution < 1.29 is 4.79 Å². The first kappa shape index (κ1) is 14.2. The molecule has 3 rings (SSSR count). The predicted octanol–water partition coefficient (Wildman–Crippen LogP) is 2.97. The van der Waals surface area contributed by atoms with Crippen LogP contribution in [0.5, 0.6) is 0 Å². The lowest BCUT2D eigenvalue weighted by atomic mass is 9.92. The molecule has 0 saturated heterocycles. The Morgan fingerprint density at radius 1 is 1.52 bits per heavy atom. The molecule has 0 bridgehead atoms. The number of carbonyl (C=O) groups is 1. The fourth-order valence-electron chi connectivity index (χ4n) is 2.75. The molecule has 0 saturated carbocycles. The summed E-state index contributed by atoms with van der Waals surface area (Å²) < 4.78 is 0. The van der Waals surface area contributed by atoms with Crippen LogP contribution in [0.3, 0.4) is 0 Å². The van der Waals surface area contributed by atoms with Crippen molar-refractivity contribution in [3.8, 4) is 0 Å². The highest BCUT2D eigenvalue weighted by Gasteiger charge is 2.23. The van der Waals surface area contributed by atoms with Gasteiger partial charge >= 0.3 is 0 Å². The van der Waals surface area contributed by atoms with Gasteiger partial charge in [0.25, 0.3) is 0 Å². The van der Waals surface area contributed by atoms with Gasteiger partial charge in [-0.15, -0.1) is 11.3 Å². The molecule has 2 aromatic heterocycles. The van der Waals surface area contributed by atoms with E-state index >= 15 is 0 Å². The summed E-state index contributed by atoms with van der Waals surface area (Å²) in [6.07, 6.45) is 6.26. The molecule has 5 heteroatoms. The molecule has 1 amide bonds. The lowest BCUT2D eigenvalue weighted by Gasteiger charge is -2.25. The van der Waals surface area contributed by atoms with Crippen LogP contribution in [-0.2, 0) is 17.6 Å². The number of fused-ring (bicyclic) bond motifs is 1. The van der Waals surface area contributed by atoms with Gasteiger partial charge in [-0.25, -0.2) is 9.97 Å². The van der Waals surface area contributed by atoms with Gasteiger partial charge in [-0.05, 0) is 44.1 Å².